The SMILES string of the molecule is OC[C@H]1OC(Br)(Cc2ccccc2)[C@@](O)(Cc2ccccc2)[C@](O)(Cc2ccccc2)[C@@]1(O)Cc1ccccc1. The molecule has 1 heterocycles. The summed E-state index contributed by atoms with van der Waals surface area (Å²) in [6, 6.07) is 37.6. The zero-order chi connectivity index (χ0) is 28.3. The Morgan fingerprint density at radius 3 is 1.27 bits per heavy atom. The van der Waals surface area contributed by atoms with Crippen molar-refractivity contribution in [1.82, 2.24) is 0 Å². The van der Waals surface area contributed by atoms with Crippen LogP contribution in [0.4, 0.5) is 0 Å². The standard InChI is InChI=1S/C34H35BrO5/c35-34(24-29-19-11-4-12-20-29)33(39,23-28-17-9-3-10-18-28)32(38,22-27-15-7-2-8-16-27)31(37,30(25-36)40-34)21-26-13-5-1-6-14-26/h1-20,30,36-39H,21-25H2/t30-,31-,32+,33-,34?/m1/s1. The summed E-state index contributed by atoms with van der Waals surface area (Å²) in [5.41, 5.74) is -3.23. The van der Waals surface area contributed by atoms with E-state index in [9.17, 15) is 20.4 Å². The highest BCUT2D eigenvalue weighted by Gasteiger charge is 2.75. The Bertz CT molecular complexity index is 1370. The predicted molar refractivity (Wildman–Crippen MR) is 159 cm³/mol. The second kappa shape index (κ2) is 11.6. The lowest BCUT2D eigenvalue weighted by Gasteiger charge is -2.64. The van der Waals surface area contributed by atoms with Crippen molar-refractivity contribution in [2.24, 2.45) is 0 Å². The van der Waals surface area contributed by atoms with Gasteiger partial charge in [-0.05, 0) is 22.3 Å². The summed E-state index contributed by atoms with van der Waals surface area (Å²) in [5, 5.41) is 49.5. The van der Waals surface area contributed by atoms with Crippen LogP contribution in [0.15, 0.2) is 121 Å². The first-order valence-electron chi connectivity index (χ1n) is 13.5. The van der Waals surface area contributed by atoms with E-state index >= 15 is 0 Å². The predicted octanol–water partition coefficient (Wildman–Crippen LogP) is 4.63. The van der Waals surface area contributed by atoms with E-state index in [1.807, 2.05) is 121 Å². The molecule has 5 atom stereocenters. The maximum atomic E-state index is 13.1. The van der Waals surface area contributed by atoms with Gasteiger partial charge in [0.05, 0.1) is 6.61 Å². The molecule has 0 aromatic heterocycles. The van der Waals surface area contributed by atoms with Gasteiger partial charge in [0, 0.05) is 25.7 Å². The molecule has 0 radical (unpaired) electrons. The van der Waals surface area contributed by atoms with E-state index in [4.69, 9.17) is 4.74 Å². The number of rotatable bonds is 9. The van der Waals surface area contributed by atoms with Crippen molar-refractivity contribution in [3.63, 3.8) is 0 Å². The normalized spacial score (nSPS) is 30.2. The van der Waals surface area contributed by atoms with Crippen LogP contribution in [0.3, 0.4) is 0 Å². The van der Waals surface area contributed by atoms with E-state index in [1.54, 1.807) is 0 Å². The highest BCUT2D eigenvalue weighted by atomic mass is 79.9. The molecule has 4 N–H and O–H groups in total. The summed E-state index contributed by atoms with van der Waals surface area (Å²) < 4.78 is 4.97. The smallest absolute Gasteiger partial charge is 0.159 e. The Labute approximate surface area is 243 Å². The first kappa shape index (κ1) is 28.7. The molecule has 1 aliphatic heterocycles. The summed E-state index contributed by atoms with van der Waals surface area (Å²) in [4.78, 5) is 0. The van der Waals surface area contributed by atoms with Crippen molar-refractivity contribution in [1.29, 1.82) is 0 Å². The molecule has 4 aromatic rings. The number of hydrogen-bond acceptors (Lipinski definition) is 5. The Balaban J connectivity index is 1.74. The topological polar surface area (TPSA) is 90.2 Å². The van der Waals surface area contributed by atoms with Gasteiger partial charge in [-0.15, -0.1) is 0 Å². The molecular formula is C34H35BrO5. The van der Waals surface area contributed by atoms with E-state index in [0.29, 0.717) is 0 Å². The van der Waals surface area contributed by atoms with Crippen LogP contribution in [0.1, 0.15) is 22.3 Å². The highest BCUT2D eigenvalue weighted by molar-refractivity contribution is 9.10. The average Bonchev–Trinajstić information content (AvgIpc) is 2.97. The third-order valence-electron chi connectivity index (χ3n) is 8.24. The first-order valence-corrected chi connectivity index (χ1v) is 14.3. The number of ether oxygens (including phenoxy) is 1. The number of alkyl halides is 1. The first-order chi connectivity index (χ1) is 19.2. The van der Waals surface area contributed by atoms with Gasteiger partial charge in [0.2, 0.25) is 0 Å². The van der Waals surface area contributed by atoms with Crippen LogP contribution in [-0.4, -0.2) is 54.5 Å². The fourth-order valence-electron chi connectivity index (χ4n) is 6.12. The largest absolute Gasteiger partial charge is 0.394 e. The van der Waals surface area contributed by atoms with Crippen molar-refractivity contribution < 1.29 is 25.2 Å². The molecule has 0 spiro atoms. The minimum atomic E-state index is -2.18. The van der Waals surface area contributed by atoms with Crippen molar-refractivity contribution in [3.8, 4) is 0 Å². The van der Waals surface area contributed by atoms with Crippen molar-refractivity contribution >= 4 is 15.9 Å². The molecule has 0 aliphatic carbocycles. The Hall–Kier alpha value is -2.84. The quantitative estimate of drug-likeness (QED) is 0.210. The minimum Gasteiger partial charge on any atom is -0.394 e. The maximum Gasteiger partial charge on any atom is 0.159 e. The highest BCUT2D eigenvalue weighted by Crippen LogP contribution is 2.56. The summed E-state index contributed by atoms with van der Waals surface area (Å²) in [5.74, 6) is 0. The van der Waals surface area contributed by atoms with E-state index in [-0.39, 0.29) is 25.7 Å². The monoisotopic (exact) mass is 602 g/mol. The zero-order valence-electron chi connectivity index (χ0n) is 22.2. The Morgan fingerprint density at radius 1 is 0.525 bits per heavy atom. The fourth-order valence-corrected chi connectivity index (χ4v) is 7.13. The van der Waals surface area contributed by atoms with Gasteiger partial charge in [-0.25, -0.2) is 0 Å². The molecular weight excluding hydrogens is 568 g/mol. The van der Waals surface area contributed by atoms with Gasteiger partial charge in [-0.2, -0.15) is 0 Å². The second-order valence-electron chi connectivity index (χ2n) is 10.8. The van der Waals surface area contributed by atoms with E-state index < -0.39 is 34.0 Å². The average molecular weight is 604 g/mol. The molecule has 0 bridgehead atoms. The number of benzene rings is 4. The molecule has 0 saturated carbocycles. The molecule has 4 aromatic carbocycles. The van der Waals surface area contributed by atoms with Crippen LogP contribution in [0.5, 0.6) is 0 Å². The summed E-state index contributed by atoms with van der Waals surface area (Å²) in [6.07, 6.45) is -1.20. The molecule has 1 aliphatic rings. The molecule has 5 rings (SSSR count). The van der Waals surface area contributed by atoms with Crippen molar-refractivity contribution in [2.75, 3.05) is 6.61 Å². The summed E-state index contributed by atoms with van der Waals surface area (Å²) in [7, 11) is 0. The van der Waals surface area contributed by atoms with Gasteiger partial charge >= 0.3 is 0 Å². The van der Waals surface area contributed by atoms with Gasteiger partial charge in [-0.3, -0.25) is 0 Å². The molecule has 0 amide bonds. The molecule has 40 heavy (non-hydrogen) atoms. The summed E-state index contributed by atoms with van der Waals surface area (Å²) in [6.45, 7) is -0.565. The second-order valence-corrected chi connectivity index (χ2v) is 12.1. The minimum absolute atomic E-state index is 0.0233. The zero-order valence-corrected chi connectivity index (χ0v) is 23.8. The Kier molecular flexibility index (Phi) is 8.30. The molecule has 208 valence electrons. The Morgan fingerprint density at radius 2 is 0.875 bits per heavy atom. The number of halogens is 1. The van der Waals surface area contributed by atoms with Gasteiger partial charge in [0.1, 0.15) is 22.9 Å². The van der Waals surface area contributed by atoms with Crippen LogP contribution in [0.25, 0.3) is 0 Å². The van der Waals surface area contributed by atoms with Gasteiger partial charge < -0.3 is 25.2 Å². The van der Waals surface area contributed by atoms with Crippen LogP contribution in [-0.2, 0) is 30.4 Å². The lowest BCUT2D eigenvalue weighted by atomic mass is 9.57. The molecule has 5 nitrogen and oxygen atoms in total. The van der Waals surface area contributed by atoms with E-state index in [1.165, 1.54) is 0 Å². The van der Waals surface area contributed by atoms with Crippen molar-refractivity contribution in [2.45, 2.75) is 53.1 Å². The molecule has 1 unspecified atom stereocenters. The number of aliphatic hydroxyl groups excluding tert-OH is 1. The fraction of sp³-hybridized carbons (Fsp3) is 0.294. The summed E-state index contributed by atoms with van der Waals surface area (Å²) >= 11 is 3.77. The van der Waals surface area contributed by atoms with Gasteiger partial charge in [0.15, 0.2) is 4.51 Å². The molecule has 1 fully saturated rings. The van der Waals surface area contributed by atoms with Crippen LogP contribution < -0.4 is 0 Å². The lowest BCUT2D eigenvalue weighted by Crippen LogP contribution is -2.85. The molecule has 1 saturated heterocycles. The van der Waals surface area contributed by atoms with E-state index in [0.717, 1.165) is 22.3 Å². The van der Waals surface area contributed by atoms with Crippen molar-refractivity contribution in [3.05, 3.63) is 144 Å². The van der Waals surface area contributed by atoms with Crippen LogP contribution in [0.2, 0.25) is 0 Å². The van der Waals surface area contributed by atoms with E-state index in [2.05, 4.69) is 15.9 Å². The maximum absolute atomic E-state index is 13.1. The number of hydrogen-bond donors (Lipinski definition) is 4. The number of aliphatic hydroxyl groups is 4. The lowest BCUT2D eigenvalue weighted by molar-refractivity contribution is -0.366. The van der Waals surface area contributed by atoms with Gasteiger partial charge in [-0.1, -0.05) is 137 Å². The van der Waals surface area contributed by atoms with Crippen LogP contribution in [0, 0.1) is 0 Å². The molecule has 6 heteroatoms. The third-order valence-corrected chi connectivity index (χ3v) is 9.37. The van der Waals surface area contributed by atoms with Gasteiger partial charge in [0.25, 0.3) is 0 Å². The third kappa shape index (κ3) is 5.16. The van der Waals surface area contributed by atoms with Crippen LogP contribution >= 0.6 is 15.9 Å².